The van der Waals surface area contributed by atoms with Gasteiger partial charge in [0, 0.05) is 18.6 Å². The van der Waals surface area contributed by atoms with Crippen molar-refractivity contribution in [3.05, 3.63) is 0 Å². The fourth-order valence-corrected chi connectivity index (χ4v) is 3.49. The van der Waals surface area contributed by atoms with E-state index in [0.717, 1.165) is 11.8 Å². The largest absolute Gasteiger partial charge is 0.328 e. The highest BCUT2D eigenvalue weighted by molar-refractivity contribution is 4.84. The van der Waals surface area contributed by atoms with Crippen LogP contribution >= 0.6 is 0 Å². The van der Waals surface area contributed by atoms with Gasteiger partial charge < -0.3 is 10.6 Å². The molecule has 4 unspecified atom stereocenters. The summed E-state index contributed by atoms with van der Waals surface area (Å²) in [6.07, 6.45) is 8.21. The van der Waals surface area contributed by atoms with Gasteiger partial charge in [-0.25, -0.2) is 0 Å². The highest BCUT2D eigenvalue weighted by Crippen LogP contribution is 2.31. The summed E-state index contributed by atoms with van der Waals surface area (Å²) >= 11 is 0. The highest BCUT2D eigenvalue weighted by atomic mass is 15.2. The van der Waals surface area contributed by atoms with Crippen LogP contribution < -0.4 is 5.73 Å². The van der Waals surface area contributed by atoms with Crippen LogP contribution in [0.1, 0.15) is 52.4 Å². The van der Waals surface area contributed by atoms with Crippen molar-refractivity contribution in [2.24, 2.45) is 17.6 Å². The third kappa shape index (κ3) is 2.98. The molecule has 0 amide bonds. The van der Waals surface area contributed by atoms with Gasteiger partial charge in [-0.3, -0.25) is 0 Å². The van der Waals surface area contributed by atoms with Gasteiger partial charge in [0.05, 0.1) is 0 Å². The molecule has 0 aromatic heterocycles. The zero-order chi connectivity index (χ0) is 11.5. The summed E-state index contributed by atoms with van der Waals surface area (Å²) < 4.78 is 0. The topological polar surface area (TPSA) is 29.3 Å². The molecule has 0 spiro atoms. The zero-order valence-corrected chi connectivity index (χ0v) is 11.0. The van der Waals surface area contributed by atoms with Crippen molar-refractivity contribution < 1.29 is 0 Å². The summed E-state index contributed by atoms with van der Waals surface area (Å²) in [6, 6.07) is 1.16. The first-order chi connectivity index (χ1) is 7.66. The van der Waals surface area contributed by atoms with E-state index in [2.05, 4.69) is 18.7 Å². The minimum atomic E-state index is 0.454. The summed E-state index contributed by atoms with van der Waals surface area (Å²) in [5.74, 6) is 1.89. The van der Waals surface area contributed by atoms with Crippen LogP contribution in [-0.4, -0.2) is 30.1 Å². The lowest BCUT2D eigenvalue weighted by Gasteiger charge is -2.40. The van der Waals surface area contributed by atoms with E-state index in [9.17, 15) is 0 Å². The molecule has 1 saturated heterocycles. The molecule has 2 fully saturated rings. The van der Waals surface area contributed by atoms with Crippen LogP contribution in [0.4, 0.5) is 0 Å². The maximum absolute atomic E-state index is 6.02. The third-order valence-electron chi connectivity index (χ3n) is 4.81. The number of rotatable bonds is 2. The molecular formula is C14H28N2. The predicted octanol–water partition coefficient (Wildman–Crippen LogP) is 2.62. The Morgan fingerprint density at radius 1 is 1.12 bits per heavy atom. The van der Waals surface area contributed by atoms with Gasteiger partial charge in [0.25, 0.3) is 0 Å². The maximum Gasteiger partial charge on any atom is 0.00817 e. The van der Waals surface area contributed by atoms with E-state index in [1.807, 2.05) is 0 Å². The maximum atomic E-state index is 6.02. The number of piperidine rings is 1. The highest BCUT2D eigenvalue weighted by Gasteiger charge is 2.28. The molecule has 4 atom stereocenters. The lowest BCUT2D eigenvalue weighted by Crippen LogP contribution is -2.48. The van der Waals surface area contributed by atoms with Crippen LogP contribution in [0.2, 0.25) is 0 Å². The monoisotopic (exact) mass is 224 g/mol. The summed E-state index contributed by atoms with van der Waals surface area (Å²) in [5.41, 5.74) is 6.02. The number of hydrogen-bond acceptors (Lipinski definition) is 2. The molecule has 2 nitrogen and oxygen atoms in total. The lowest BCUT2D eigenvalue weighted by molar-refractivity contribution is 0.0948. The Morgan fingerprint density at radius 2 is 1.88 bits per heavy atom. The van der Waals surface area contributed by atoms with Crippen LogP contribution in [0.3, 0.4) is 0 Å². The molecule has 16 heavy (non-hydrogen) atoms. The lowest BCUT2D eigenvalue weighted by atomic mass is 9.79. The number of likely N-dealkylation sites (tertiary alicyclic amines) is 1. The van der Waals surface area contributed by atoms with Crippen molar-refractivity contribution in [1.29, 1.82) is 0 Å². The van der Waals surface area contributed by atoms with E-state index in [1.54, 1.807) is 0 Å². The minimum absolute atomic E-state index is 0.454. The molecule has 1 aliphatic carbocycles. The quantitative estimate of drug-likeness (QED) is 0.781. The molecule has 0 bridgehead atoms. The molecule has 0 radical (unpaired) electrons. The standard InChI is InChI=1S/C14H28N2/c1-11-5-3-4-6-13(11)10-16-8-7-14(15)9-12(16)2/h11-14H,3-10,15H2,1-2H3. The average molecular weight is 224 g/mol. The van der Waals surface area contributed by atoms with Gasteiger partial charge in [0.1, 0.15) is 0 Å². The Balaban J connectivity index is 1.83. The molecule has 2 heteroatoms. The Kier molecular flexibility index (Phi) is 4.26. The van der Waals surface area contributed by atoms with E-state index in [0.29, 0.717) is 12.1 Å². The summed E-state index contributed by atoms with van der Waals surface area (Å²) in [7, 11) is 0. The number of hydrogen-bond donors (Lipinski definition) is 1. The molecule has 1 saturated carbocycles. The zero-order valence-electron chi connectivity index (χ0n) is 11.0. The Hall–Kier alpha value is -0.0800. The molecule has 2 rings (SSSR count). The van der Waals surface area contributed by atoms with E-state index in [-0.39, 0.29) is 0 Å². The molecular weight excluding hydrogens is 196 g/mol. The molecule has 0 aromatic carbocycles. The van der Waals surface area contributed by atoms with Crippen LogP contribution in [0.5, 0.6) is 0 Å². The Bertz CT molecular complexity index is 217. The van der Waals surface area contributed by atoms with Gasteiger partial charge in [-0.1, -0.05) is 26.2 Å². The second-order valence-electron chi connectivity index (χ2n) is 6.15. The van der Waals surface area contributed by atoms with Crippen molar-refractivity contribution in [1.82, 2.24) is 4.90 Å². The first-order valence-corrected chi connectivity index (χ1v) is 7.16. The Labute approximate surface area is 101 Å². The van der Waals surface area contributed by atoms with Crippen LogP contribution in [0.15, 0.2) is 0 Å². The summed E-state index contributed by atoms with van der Waals surface area (Å²) in [6.45, 7) is 7.36. The van der Waals surface area contributed by atoms with E-state index < -0.39 is 0 Å². The third-order valence-corrected chi connectivity index (χ3v) is 4.81. The van der Waals surface area contributed by atoms with Crippen molar-refractivity contribution in [3.8, 4) is 0 Å². The molecule has 0 aromatic rings. The SMILES string of the molecule is CC1CCCCC1CN1CCC(N)CC1C. The Morgan fingerprint density at radius 3 is 2.56 bits per heavy atom. The predicted molar refractivity (Wildman–Crippen MR) is 69.4 cm³/mol. The van der Waals surface area contributed by atoms with Crippen molar-refractivity contribution in [2.45, 2.75) is 64.5 Å². The van der Waals surface area contributed by atoms with Gasteiger partial charge in [-0.15, -0.1) is 0 Å². The van der Waals surface area contributed by atoms with E-state index in [4.69, 9.17) is 5.73 Å². The normalized spacial score (nSPS) is 42.2. The van der Waals surface area contributed by atoms with Crippen LogP contribution in [0.25, 0.3) is 0 Å². The number of nitrogens with two attached hydrogens (primary N) is 1. The molecule has 1 aliphatic heterocycles. The molecule has 2 N–H and O–H groups in total. The van der Waals surface area contributed by atoms with Crippen molar-refractivity contribution in [3.63, 3.8) is 0 Å². The van der Waals surface area contributed by atoms with Gasteiger partial charge in [-0.05, 0) is 44.6 Å². The second-order valence-corrected chi connectivity index (χ2v) is 6.15. The van der Waals surface area contributed by atoms with Crippen molar-refractivity contribution >= 4 is 0 Å². The summed E-state index contributed by atoms with van der Waals surface area (Å²) in [5, 5.41) is 0. The first-order valence-electron chi connectivity index (χ1n) is 7.16. The van der Waals surface area contributed by atoms with Crippen LogP contribution in [0, 0.1) is 11.8 Å². The minimum Gasteiger partial charge on any atom is -0.328 e. The smallest absolute Gasteiger partial charge is 0.00817 e. The van der Waals surface area contributed by atoms with E-state index >= 15 is 0 Å². The second kappa shape index (κ2) is 5.50. The van der Waals surface area contributed by atoms with Gasteiger partial charge >= 0.3 is 0 Å². The molecule has 94 valence electrons. The van der Waals surface area contributed by atoms with Gasteiger partial charge in [-0.2, -0.15) is 0 Å². The van der Waals surface area contributed by atoms with Gasteiger partial charge in [0.15, 0.2) is 0 Å². The fourth-order valence-electron chi connectivity index (χ4n) is 3.49. The average Bonchev–Trinajstić information content (AvgIpc) is 2.25. The van der Waals surface area contributed by atoms with Gasteiger partial charge in [0.2, 0.25) is 0 Å². The fraction of sp³-hybridized carbons (Fsp3) is 1.00. The summed E-state index contributed by atoms with van der Waals surface area (Å²) in [4.78, 5) is 2.69. The van der Waals surface area contributed by atoms with Crippen molar-refractivity contribution in [2.75, 3.05) is 13.1 Å². The molecule has 2 aliphatic rings. The van der Waals surface area contributed by atoms with Crippen LogP contribution in [-0.2, 0) is 0 Å². The molecule has 1 heterocycles. The van der Waals surface area contributed by atoms with E-state index in [1.165, 1.54) is 51.6 Å². The number of nitrogens with zero attached hydrogens (tertiary/aromatic N) is 1. The first kappa shape index (κ1) is 12.4.